The van der Waals surface area contributed by atoms with Crippen molar-refractivity contribution in [1.82, 2.24) is 0 Å². The standard InChI is InChI=1S/C16H19ClN2/c1-19(10-9-13-5-3-2-4-6-13)16-8-7-14(12-18)11-15(16)17/h2-8,11H,9-10,12,18H2,1H3. The van der Waals surface area contributed by atoms with E-state index in [4.69, 9.17) is 17.3 Å². The van der Waals surface area contributed by atoms with E-state index >= 15 is 0 Å². The molecule has 2 N–H and O–H groups in total. The number of nitrogens with zero attached hydrogens (tertiary/aromatic N) is 1. The molecule has 0 fully saturated rings. The predicted molar refractivity (Wildman–Crippen MR) is 82.8 cm³/mol. The summed E-state index contributed by atoms with van der Waals surface area (Å²) in [6.07, 6.45) is 1.01. The van der Waals surface area contributed by atoms with E-state index in [1.165, 1.54) is 5.56 Å². The highest BCUT2D eigenvalue weighted by Crippen LogP contribution is 2.26. The molecule has 0 spiro atoms. The van der Waals surface area contributed by atoms with Gasteiger partial charge in [0.1, 0.15) is 0 Å². The van der Waals surface area contributed by atoms with Crippen LogP contribution < -0.4 is 10.6 Å². The fraction of sp³-hybridized carbons (Fsp3) is 0.250. The Bertz CT molecular complexity index is 526. The number of hydrogen-bond acceptors (Lipinski definition) is 2. The van der Waals surface area contributed by atoms with Gasteiger partial charge in [-0.15, -0.1) is 0 Å². The average molecular weight is 275 g/mol. The van der Waals surface area contributed by atoms with E-state index in [1.54, 1.807) is 0 Å². The second-order valence-electron chi connectivity index (χ2n) is 4.65. The summed E-state index contributed by atoms with van der Waals surface area (Å²) < 4.78 is 0. The van der Waals surface area contributed by atoms with Crippen LogP contribution in [0, 0.1) is 0 Å². The van der Waals surface area contributed by atoms with Crippen LogP contribution in [0.2, 0.25) is 5.02 Å². The topological polar surface area (TPSA) is 29.3 Å². The van der Waals surface area contributed by atoms with Crippen LogP contribution in [0.25, 0.3) is 0 Å². The van der Waals surface area contributed by atoms with Gasteiger partial charge in [0, 0.05) is 20.1 Å². The number of likely N-dealkylation sites (N-methyl/N-ethyl adjacent to an activating group) is 1. The molecule has 0 saturated carbocycles. The van der Waals surface area contributed by atoms with Crippen molar-refractivity contribution >= 4 is 17.3 Å². The van der Waals surface area contributed by atoms with Crippen molar-refractivity contribution < 1.29 is 0 Å². The van der Waals surface area contributed by atoms with E-state index in [9.17, 15) is 0 Å². The Morgan fingerprint density at radius 3 is 2.42 bits per heavy atom. The lowest BCUT2D eigenvalue weighted by Gasteiger charge is -2.21. The lowest BCUT2D eigenvalue weighted by molar-refractivity contribution is 0.876. The largest absolute Gasteiger partial charge is 0.373 e. The Kier molecular flexibility index (Phi) is 4.83. The number of anilines is 1. The number of hydrogen-bond donors (Lipinski definition) is 1. The molecule has 0 radical (unpaired) electrons. The molecule has 0 saturated heterocycles. The monoisotopic (exact) mass is 274 g/mol. The number of benzene rings is 2. The minimum atomic E-state index is 0.522. The second kappa shape index (κ2) is 6.60. The van der Waals surface area contributed by atoms with Crippen molar-refractivity contribution in [1.29, 1.82) is 0 Å². The van der Waals surface area contributed by atoms with E-state index < -0.39 is 0 Å². The van der Waals surface area contributed by atoms with E-state index in [2.05, 4.69) is 36.2 Å². The van der Waals surface area contributed by atoms with Crippen molar-refractivity contribution in [2.24, 2.45) is 5.73 Å². The molecule has 2 aromatic carbocycles. The van der Waals surface area contributed by atoms with Gasteiger partial charge in [-0.05, 0) is 29.7 Å². The van der Waals surface area contributed by atoms with Crippen LogP contribution in [0.1, 0.15) is 11.1 Å². The van der Waals surface area contributed by atoms with Gasteiger partial charge in [-0.1, -0.05) is 48.0 Å². The Labute approximate surface area is 119 Å². The molecule has 0 atom stereocenters. The van der Waals surface area contributed by atoms with Gasteiger partial charge in [-0.25, -0.2) is 0 Å². The highest BCUT2D eigenvalue weighted by atomic mass is 35.5. The molecule has 0 aliphatic rings. The summed E-state index contributed by atoms with van der Waals surface area (Å²) in [5.41, 5.74) is 9.06. The number of nitrogens with two attached hydrogens (primary N) is 1. The maximum Gasteiger partial charge on any atom is 0.0642 e. The molecule has 100 valence electrons. The molecule has 0 unspecified atom stereocenters. The summed E-state index contributed by atoms with van der Waals surface area (Å²) in [5.74, 6) is 0. The van der Waals surface area contributed by atoms with Crippen LogP contribution in [0.15, 0.2) is 48.5 Å². The lowest BCUT2D eigenvalue weighted by Crippen LogP contribution is -2.20. The quantitative estimate of drug-likeness (QED) is 0.904. The number of halogens is 1. The minimum absolute atomic E-state index is 0.522. The highest BCUT2D eigenvalue weighted by molar-refractivity contribution is 6.33. The minimum Gasteiger partial charge on any atom is -0.373 e. The Morgan fingerprint density at radius 1 is 1.05 bits per heavy atom. The van der Waals surface area contributed by atoms with Crippen LogP contribution in [-0.4, -0.2) is 13.6 Å². The van der Waals surface area contributed by atoms with Gasteiger partial charge in [-0.3, -0.25) is 0 Å². The second-order valence-corrected chi connectivity index (χ2v) is 5.05. The van der Waals surface area contributed by atoms with Crippen LogP contribution >= 0.6 is 11.6 Å². The smallest absolute Gasteiger partial charge is 0.0642 e. The van der Waals surface area contributed by atoms with Crippen molar-refractivity contribution in [3.8, 4) is 0 Å². The molecule has 0 aliphatic heterocycles. The Hall–Kier alpha value is -1.51. The first kappa shape index (κ1) is 13.9. The first-order valence-electron chi connectivity index (χ1n) is 6.44. The first-order valence-corrected chi connectivity index (χ1v) is 6.82. The van der Waals surface area contributed by atoms with E-state index in [0.717, 1.165) is 29.2 Å². The zero-order valence-corrected chi connectivity index (χ0v) is 11.9. The molecular formula is C16H19ClN2. The van der Waals surface area contributed by atoms with Gasteiger partial charge in [-0.2, -0.15) is 0 Å². The zero-order valence-electron chi connectivity index (χ0n) is 11.1. The lowest BCUT2D eigenvalue weighted by atomic mass is 10.1. The molecule has 0 amide bonds. The zero-order chi connectivity index (χ0) is 13.7. The first-order chi connectivity index (χ1) is 9.20. The molecule has 2 aromatic rings. The van der Waals surface area contributed by atoms with E-state index in [1.807, 2.05) is 24.3 Å². The van der Waals surface area contributed by atoms with E-state index in [-0.39, 0.29) is 0 Å². The summed E-state index contributed by atoms with van der Waals surface area (Å²) in [4.78, 5) is 2.18. The number of rotatable bonds is 5. The molecule has 2 rings (SSSR count). The summed E-state index contributed by atoms with van der Waals surface area (Å²) in [7, 11) is 2.06. The third kappa shape index (κ3) is 3.72. The van der Waals surface area contributed by atoms with E-state index in [0.29, 0.717) is 6.54 Å². The molecule has 0 aliphatic carbocycles. The molecule has 0 aromatic heterocycles. The Balaban J connectivity index is 2.02. The third-order valence-electron chi connectivity index (χ3n) is 3.24. The molecule has 3 heteroatoms. The fourth-order valence-corrected chi connectivity index (χ4v) is 2.40. The SMILES string of the molecule is CN(CCc1ccccc1)c1ccc(CN)cc1Cl. The average Bonchev–Trinajstić information content (AvgIpc) is 2.45. The van der Waals surface area contributed by atoms with Gasteiger partial charge in [0.05, 0.1) is 10.7 Å². The molecule has 2 nitrogen and oxygen atoms in total. The van der Waals surface area contributed by atoms with Crippen LogP contribution in [0.4, 0.5) is 5.69 Å². The maximum absolute atomic E-state index is 6.29. The van der Waals surface area contributed by atoms with Crippen LogP contribution in [0.3, 0.4) is 0 Å². The van der Waals surface area contributed by atoms with Crippen LogP contribution in [-0.2, 0) is 13.0 Å². The van der Waals surface area contributed by atoms with Crippen molar-refractivity contribution in [3.63, 3.8) is 0 Å². The maximum atomic E-state index is 6.29. The summed E-state index contributed by atoms with van der Waals surface area (Å²) >= 11 is 6.29. The molecule has 0 bridgehead atoms. The third-order valence-corrected chi connectivity index (χ3v) is 3.54. The fourth-order valence-electron chi connectivity index (χ4n) is 2.05. The Morgan fingerprint density at radius 2 is 1.79 bits per heavy atom. The summed E-state index contributed by atoms with van der Waals surface area (Å²) in [5, 5.41) is 0.763. The van der Waals surface area contributed by atoms with Crippen molar-refractivity contribution in [2.75, 3.05) is 18.5 Å². The van der Waals surface area contributed by atoms with Crippen LogP contribution in [0.5, 0.6) is 0 Å². The van der Waals surface area contributed by atoms with Gasteiger partial charge in [0.15, 0.2) is 0 Å². The highest BCUT2D eigenvalue weighted by Gasteiger charge is 2.06. The van der Waals surface area contributed by atoms with Gasteiger partial charge in [0.25, 0.3) is 0 Å². The normalized spacial score (nSPS) is 10.5. The molecular weight excluding hydrogens is 256 g/mol. The molecule has 0 heterocycles. The van der Waals surface area contributed by atoms with Gasteiger partial charge >= 0.3 is 0 Å². The summed E-state index contributed by atoms with van der Waals surface area (Å²) in [6.45, 7) is 1.46. The van der Waals surface area contributed by atoms with Gasteiger partial charge < -0.3 is 10.6 Å². The summed E-state index contributed by atoms with van der Waals surface area (Å²) in [6, 6.07) is 16.5. The van der Waals surface area contributed by atoms with Gasteiger partial charge in [0.2, 0.25) is 0 Å². The van der Waals surface area contributed by atoms with Crippen molar-refractivity contribution in [3.05, 3.63) is 64.7 Å². The van der Waals surface area contributed by atoms with Crippen molar-refractivity contribution in [2.45, 2.75) is 13.0 Å². The predicted octanol–water partition coefficient (Wildman–Crippen LogP) is 3.48. The molecule has 19 heavy (non-hydrogen) atoms.